The first-order valence-corrected chi connectivity index (χ1v) is 27.1. The molecule has 1 rings (SSSR count). The summed E-state index contributed by atoms with van der Waals surface area (Å²) >= 11 is 0. The maximum atomic E-state index is 12.9. The minimum atomic E-state index is -5.06. The van der Waals surface area contributed by atoms with E-state index in [0.717, 1.165) is 64.2 Å². The lowest BCUT2D eigenvalue weighted by Gasteiger charge is -2.41. The van der Waals surface area contributed by atoms with Crippen molar-refractivity contribution >= 4 is 16.4 Å². The summed E-state index contributed by atoms with van der Waals surface area (Å²) in [5.41, 5.74) is 0. The molecule has 0 aromatic carbocycles. The lowest BCUT2D eigenvalue weighted by Crippen LogP contribution is -2.60. The average Bonchev–Trinajstić information content (AvgIpc) is 3.27. The SMILES string of the molecule is CCCCCCC/C=C\C/C=C\CCCCCCCCCCCCOCC(COC1OC(CO)C(O)C(OS(=O)(=O)O)C1O)OC(=O)CCCCCCC/C=C\CCCCCCCC. The Bertz CT molecular complexity index is 1260. The van der Waals surface area contributed by atoms with E-state index in [9.17, 15) is 33.1 Å². The summed E-state index contributed by atoms with van der Waals surface area (Å²) < 4.78 is 59.2. The summed E-state index contributed by atoms with van der Waals surface area (Å²) in [4.78, 5) is 12.9. The van der Waals surface area contributed by atoms with Crippen LogP contribution in [0.5, 0.6) is 0 Å². The fraction of sp³-hybridized carbons (Fsp3) is 0.863. The van der Waals surface area contributed by atoms with Gasteiger partial charge in [-0.1, -0.05) is 179 Å². The summed E-state index contributed by atoms with van der Waals surface area (Å²) in [5.74, 6) is -0.407. The fourth-order valence-corrected chi connectivity index (χ4v) is 8.32. The lowest BCUT2D eigenvalue weighted by molar-refractivity contribution is -0.301. The number of carbonyl (C=O) groups is 1. The van der Waals surface area contributed by atoms with Crippen molar-refractivity contribution in [3.8, 4) is 0 Å². The van der Waals surface area contributed by atoms with E-state index in [1.807, 2.05) is 0 Å². The number of aliphatic hydroxyl groups excluding tert-OH is 3. The molecule has 0 radical (unpaired) electrons. The van der Waals surface area contributed by atoms with Crippen LogP contribution in [0.4, 0.5) is 0 Å². The van der Waals surface area contributed by atoms with Gasteiger partial charge in [0.05, 0.1) is 19.8 Å². The summed E-state index contributed by atoms with van der Waals surface area (Å²) in [5, 5.41) is 30.7. The van der Waals surface area contributed by atoms with Crippen molar-refractivity contribution in [1.29, 1.82) is 0 Å². The predicted octanol–water partition coefficient (Wildman–Crippen LogP) is 11.7. The number of carbonyl (C=O) groups excluding carboxylic acids is 1. The van der Waals surface area contributed by atoms with E-state index >= 15 is 0 Å². The van der Waals surface area contributed by atoms with E-state index in [2.05, 4.69) is 54.5 Å². The highest BCUT2D eigenvalue weighted by Crippen LogP contribution is 2.26. The number of aliphatic hydroxyl groups is 3. The smallest absolute Gasteiger partial charge is 0.397 e. The minimum absolute atomic E-state index is 0.0318. The normalized spacial score (nSPS) is 20.0. The molecule has 0 bridgehead atoms. The zero-order valence-corrected chi connectivity index (χ0v) is 41.2. The van der Waals surface area contributed by atoms with Crippen molar-refractivity contribution in [3.05, 3.63) is 36.5 Å². The van der Waals surface area contributed by atoms with Crippen molar-refractivity contribution in [2.75, 3.05) is 26.4 Å². The van der Waals surface area contributed by atoms with Crippen molar-refractivity contribution in [1.82, 2.24) is 0 Å². The second-order valence-electron chi connectivity index (χ2n) is 17.8. The molecule has 1 aliphatic rings. The van der Waals surface area contributed by atoms with Crippen LogP contribution in [0.25, 0.3) is 0 Å². The monoisotopic (exact) mass is 931 g/mol. The van der Waals surface area contributed by atoms with E-state index < -0.39 is 59.8 Å². The Labute approximate surface area is 390 Å². The third-order valence-electron chi connectivity index (χ3n) is 11.7. The topological polar surface area (TPSA) is 178 Å². The molecular weight excluding hydrogens is 837 g/mol. The number of hydrogen-bond acceptors (Lipinski definition) is 11. The quantitative estimate of drug-likeness (QED) is 0.0197. The molecule has 1 heterocycles. The molecule has 0 aliphatic carbocycles. The van der Waals surface area contributed by atoms with E-state index in [1.54, 1.807) is 0 Å². The van der Waals surface area contributed by atoms with E-state index in [-0.39, 0.29) is 19.6 Å². The second kappa shape index (κ2) is 42.7. The van der Waals surface area contributed by atoms with E-state index in [0.29, 0.717) is 13.0 Å². The van der Waals surface area contributed by atoms with Gasteiger partial charge in [0.15, 0.2) is 6.29 Å². The van der Waals surface area contributed by atoms with E-state index in [4.69, 9.17) is 18.9 Å². The first-order valence-electron chi connectivity index (χ1n) is 25.7. The molecule has 64 heavy (non-hydrogen) atoms. The van der Waals surface area contributed by atoms with Gasteiger partial charge in [-0.3, -0.25) is 9.35 Å². The third kappa shape index (κ3) is 35.5. The Balaban J connectivity index is 2.35. The van der Waals surface area contributed by atoms with Gasteiger partial charge in [-0.05, 0) is 70.6 Å². The largest absolute Gasteiger partial charge is 0.457 e. The molecule has 0 spiro atoms. The second-order valence-corrected chi connectivity index (χ2v) is 18.8. The Morgan fingerprint density at radius 3 is 1.50 bits per heavy atom. The summed E-state index contributed by atoms with van der Waals surface area (Å²) in [7, 11) is -5.06. The predicted molar refractivity (Wildman–Crippen MR) is 257 cm³/mol. The van der Waals surface area contributed by atoms with Gasteiger partial charge in [-0.15, -0.1) is 0 Å². The molecule has 12 nitrogen and oxygen atoms in total. The molecule has 1 fully saturated rings. The van der Waals surface area contributed by atoms with Gasteiger partial charge >= 0.3 is 16.4 Å². The molecule has 6 unspecified atom stereocenters. The zero-order valence-electron chi connectivity index (χ0n) is 40.3. The Hall–Kier alpha value is -1.68. The van der Waals surface area contributed by atoms with Crippen LogP contribution in [0.2, 0.25) is 0 Å². The van der Waals surface area contributed by atoms with Gasteiger partial charge in [0.25, 0.3) is 0 Å². The number of allylic oxidation sites excluding steroid dienone is 6. The van der Waals surface area contributed by atoms with Crippen LogP contribution < -0.4 is 0 Å². The fourth-order valence-electron chi connectivity index (χ4n) is 7.82. The Morgan fingerprint density at radius 1 is 0.594 bits per heavy atom. The van der Waals surface area contributed by atoms with Crippen LogP contribution in [0.1, 0.15) is 219 Å². The number of unbranched alkanes of at least 4 members (excludes halogenated alkanes) is 26. The van der Waals surface area contributed by atoms with Crippen LogP contribution in [-0.2, 0) is 38.3 Å². The molecule has 0 aromatic rings. The first kappa shape index (κ1) is 60.3. The van der Waals surface area contributed by atoms with Crippen molar-refractivity contribution < 1.29 is 56.2 Å². The minimum Gasteiger partial charge on any atom is -0.457 e. The summed E-state index contributed by atoms with van der Waals surface area (Å²) in [6.07, 6.45) is 41.7. The van der Waals surface area contributed by atoms with Gasteiger partial charge in [0, 0.05) is 13.0 Å². The van der Waals surface area contributed by atoms with Crippen LogP contribution in [0.3, 0.4) is 0 Å². The lowest BCUT2D eigenvalue weighted by atomic mass is 9.99. The number of hydrogen-bond donors (Lipinski definition) is 4. The van der Waals surface area contributed by atoms with Gasteiger partial charge in [-0.2, -0.15) is 8.42 Å². The van der Waals surface area contributed by atoms with E-state index in [1.165, 1.54) is 128 Å². The van der Waals surface area contributed by atoms with Crippen LogP contribution in [0, 0.1) is 0 Å². The van der Waals surface area contributed by atoms with Gasteiger partial charge in [-0.25, -0.2) is 4.18 Å². The van der Waals surface area contributed by atoms with Crippen LogP contribution >= 0.6 is 0 Å². The van der Waals surface area contributed by atoms with Crippen LogP contribution in [0.15, 0.2) is 36.5 Å². The molecule has 0 amide bonds. The van der Waals surface area contributed by atoms with Gasteiger partial charge in [0.2, 0.25) is 0 Å². The molecule has 13 heteroatoms. The number of esters is 1. The van der Waals surface area contributed by atoms with Crippen LogP contribution in [-0.4, -0.2) is 97.5 Å². The first-order chi connectivity index (χ1) is 31.1. The highest BCUT2D eigenvalue weighted by molar-refractivity contribution is 7.80. The molecule has 1 saturated heterocycles. The van der Waals surface area contributed by atoms with Crippen molar-refractivity contribution in [3.63, 3.8) is 0 Å². The Morgan fingerprint density at radius 2 is 1.03 bits per heavy atom. The molecule has 376 valence electrons. The highest BCUT2D eigenvalue weighted by Gasteiger charge is 2.48. The molecule has 0 aromatic heterocycles. The maximum Gasteiger partial charge on any atom is 0.397 e. The zero-order chi connectivity index (χ0) is 46.8. The maximum absolute atomic E-state index is 12.9. The summed E-state index contributed by atoms with van der Waals surface area (Å²) in [6, 6.07) is 0. The highest BCUT2D eigenvalue weighted by atomic mass is 32.3. The molecule has 0 saturated carbocycles. The molecule has 4 N–H and O–H groups in total. The number of ether oxygens (including phenoxy) is 4. The molecule has 6 atom stereocenters. The Kier molecular flexibility index (Phi) is 40.2. The third-order valence-corrected chi connectivity index (χ3v) is 12.2. The van der Waals surface area contributed by atoms with Gasteiger partial charge < -0.3 is 34.3 Å². The molecular formula is C51H94O12S. The standard InChI is InChI=1S/C51H94O12S/c1-3-5-7-9-11-13-15-17-19-20-21-22-23-24-25-27-29-31-33-35-37-39-41-59-43-45(44-60-51-49(55)50(63-64(56,57)58)48(54)46(42-52)62-51)61-47(53)40-38-36-34-32-30-28-26-18-16-14-12-10-8-6-4-2/h15,17-18,20-21,26,45-46,48-52,54-55H,3-14,16,19,22-25,27-44H2,1-2H3,(H,56,57,58)/b17-15-,21-20-,26-18-. The van der Waals surface area contributed by atoms with Crippen molar-refractivity contribution in [2.24, 2.45) is 0 Å². The number of rotatable bonds is 45. The van der Waals surface area contributed by atoms with Gasteiger partial charge in [0.1, 0.15) is 30.5 Å². The molecule has 1 aliphatic heterocycles. The summed E-state index contributed by atoms with van der Waals surface area (Å²) in [6.45, 7) is 3.98. The average molecular weight is 931 g/mol. The van der Waals surface area contributed by atoms with Crippen molar-refractivity contribution in [2.45, 2.75) is 256 Å².